The Labute approximate surface area is 169 Å². The summed E-state index contributed by atoms with van der Waals surface area (Å²) in [6.07, 6.45) is 1.81. The highest BCUT2D eigenvalue weighted by Gasteiger charge is 2.40. The molecule has 6 heteroatoms. The number of benzene rings is 1. The van der Waals surface area contributed by atoms with Crippen LogP contribution in [0.2, 0.25) is 0 Å². The lowest BCUT2D eigenvalue weighted by atomic mass is 10.0. The largest absolute Gasteiger partial charge is 0.452 e. The van der Waals surface area contributed by atoms with Crippen molar-refractivity contribution in [1.82, 2.24) is 15.2 Å². The number of furan rings is 1. The highest BCUT2D eigenvalue weighted by molar-refractivity contribution is 7.99. The Morgan fingerprint density at radius 1 is 1.15 bits per heavy atom. The summed E-state index contributed by atoms with van der Waals surface area (Å²) < 4.78 is 6.23. The van der Waals surface area contributed by atoms with Crippen molar-refractivity contribution < 1.29 is 4.42 Å². The van der Waals surface area contributed by atoms with Crippen LogP contribution < -0.4 is 5.32 Å². The highest BCUT2D eigenvalue weighted by atomic mass is 32.2. The van der Waals surface area contributed by atoms with E-state index in [1.165, 1.54) is 5.56 Å². The second-order valence-corrected chi connectivity index (χ2v) is 7.95. The van der Waals surface area contributed by atoms with Gasteiger partial charge in [0.25, 0.3) is 0 Å². The lowest BCUT2D eigenvalue weighted by molar-refractivity contribution is 0.267. The van der Waals surface area contributed by atoms with Gasteiger partial charge in [-0.25, -0.2) is 0 Å². The number of hydrogen-bond donors (Lipinski definition) is 1. The summed E-state index contributed by atoms with van der Waals surface area (Å²) in [5.74, 6) is 0.898. The van der Waals surface area contributed by atoms with Gasteiger partial charge in [-0.1, -0.05) is 35.5 Å². The van der Waals surface area contributed by atoms with E-state index in [2.05, 4.69) is 59.4 Å². The fourth-order valence-electron chi connectivity index (χ4n) is 3.33. The highest BCUT2D eigenvalue weighted by Crippen LogP contribution is 2.40. The van der Waals surface area contributed by atoms with Gasteiger partial charge in [0.05, 0.1) is 11.7 Å². The van der Waals surface area contributed by atoms with Crippen LogP contribution in [0, 0.1) is 6.92 Å². The van der Waals surface area contributed by atoms with Crippen molar-refractivity contribution in [2.75, 3.05) is 6.54 Å². The predicted molar refractivity (Wildman–Crippen MR) is 112 cm³/mol. The van der Waals surface area contributed by atoms with Gasteiger partial charge in [-0.05, 0) is 62.5 Å². The molecule has 0 bridgehead atoms. The molecule has 0 unspecified atom stereocenters. The second-order valence-electron chi connectivity index (χ2n) is 6.48. The van der Waals surface area contributed by atoms with Crippen LogP contribution in [0.4, 0.5) is 0 Å². The number of thiocarbonyl (C=S) groups is 1. The van der Waals surface area contributed by atoms with Crippen molar-refractivity contribution in [2.45, 2.75) is 35.9 Å². The van der Waals surface area contributed by atoms with E-state index in [1.54, 1.807) is 11.8 Å². The topological polar surface area (TPSA) is 41.3 Å². The van der Waals surface area contributed by atoms with Crippen molar-refractivity contribution in [3.8, 4) is 0 Å². The lowest BCUT2D eigenvalue weighted by Gasteiger charge is -2.24. The van der Waals surface area contributed by atoms with Crippen LogP contribution in [-0.4, -0.2) is 21.5 Å². The molecule has 27 heavy (non-hydrogen) atoms. The summed E-state index contributed by atoms with van der Waals surface area (Å²) >= 11 is 7.19. The maximum atomic E-state index is 6.23. The van der Waals surface area contributed by atoms with Gasteiger partial charge in [0.15, 0.2) is 10.2 Å². The molecule has 1 fully saturated rings. The van der Waals surface area contributed by atoms with E-state index >= 15 is 0 Å². The first kappa shape index (κ1) is 18.1. The zero-order valence-electron chi connectivity index (χ0n) is 15.3. The average Bonchev–Trinajstić information content (AvgIpc) is 3.28. The molecule has 0 saturated carbocycles. The van der Waals surface area contributed by atoms with E-state index in [4.69, 9.17) is 16.6 Å². The van der Waals surface area contributed by atoms with Crippen LogP contribution in [0.15, 0.2) is 75.2 Å². The van der Waals surface area contributed by atoms with Crippen molar-refractivity contribution in [3.63, 3.8) is 0 Å². The Morgan fingerprint density at radius 3 is 2.67 bits per heavy atom. The van der Waals surface area contributed by atoms with Crippen LogP contribution in [0.3, 0.4) is 0 Å². The number of likely N-dealkylation sites (N-methyl/N-ethyl adjacent to an activating group) is 1. The Morgan fingerprint density at radius 2 is 1.96 bits per heavy atom. The third kappa shape index (κ3) is 3.73. The zero-order valence-corrected chi connectivity index (χ0v) is 16.9. The number of aryl methyl sites for hydroxylation is 1. The van der Waals surface area contributed by atoms with Gasteiger partial charge < -0.3 is 14.6 Å². The van der Waals surface area contributed by atoms with Gasteiger partial charge in [0.2, 0.25) is 0 Å². The molecule has 0 aliphatic carbocycles. The van der Waals surface area contributed by atoms with Crippen molar-refractivity contribution in [1.29, 1.82) is 0 Å². The number of rotatable bonds is 5. The van der Waals surface area contributed by atoms with Crippen LogP contribution >= 0.6 is 24.0 Å². The Kier molecular flexibility index (Phi) is 5.18. The lowest BCUT2D eigenvalue weighted by Crippen LogP contribution is -2.29. The molecule has 0 amide bonds. The zero-order chi connectivity index (χ0) is 18.8. The molecule has 2 aromatic heterocycles. The maximum Gasteiger partial charge on any atom is 0.170 e. The molecule has 2 atom stereocenters. The summed E-state index contributed by atoms with van der Waals surface area (Å²) in [5.41, 5.74) is 2.21. The Hall–Kier alpha value is -2.31. The first-order valence-corrected chi connectivity index (χ1v) is 10.2. The fraction of sp³-hybridized carbons (Fsp3) is 0.238. The number of nitrogens with one attached hydrogen (secondary N) is 1. The normalized spacial score (nSPS) is 19.3. The van der Waals surface area contributed by atoms with Crippen molar-refractivity contribution in [2.24, 2.45) is 0 Å². The van der Waals surface area contributed by atoms with E-state index in [9.17, 15) is 0 Å². The van der Waals surface area contributed by atoms with E-state index in [0.717, 1.165) is 33.1 Å². The maximum absolute atomic E-state index is 6.23. The van der Waals surface area contributed by atoms with Crippen molar-refractivity contribution >= 4 is 29.1 Å². The summed E-state index contributed by atoms with van der Waals surface area (Å²) in [6, 6.07) is 18.4. The molecule has 4 nitrogen and oxygen atoms in total. The van der Waals surface area contributed by atoms with Crippen molar-refractivity contribution in [3.05, 3.63) is 77.8 Å². The molecular formula is C21H21N3OS2. The Bertz CT molecular complexity index is 924. The molecule has 138 valence electrons. The number of hydrogen-bond acceptors (Lipinski definition) is 4. The van der Waals surface area contributed by atoms with Gasteiger partial charge in [0, 0.05) is 17.6 Å². The van der Waals surface area contributed by atoms with E-state index in [1.807, 2.05) is 30.5 Å². The molecule has 1 aliphatic heterocycles. The predicted octanol–water partition coefficient (Wildman–Crippen LogP) is 5.13. The van der Waals surface area contributed by atoms with Gasteiger partial charge in [-0.15, -0.1) is 0 Å². The molecular weight excluding hydrogens is 374 g/mol. The second kappa shape index (κ2) is 7.74. The molecule has 0 spiro atoms. The first-order valence-electron chi connectivity index (χ1n) is 8.98. The van der Waals surface area contributed by atoms with E-state index in [0.29, 0.717) is 0 Å². The summed E-state index contributed by atoms with van der Waals surface area (Å²) in [4.78, 5) is 7.85. The van der Waals surface area contributed by atoms with Gasteiger partial charge >= 0.3 is 0 Å². The molecule has 0 radical (unpaired) electrons. The van der Waals surface area contributed by atoms with Crippen LogP contribution in [0.1, 0.15) is 36.0 Å². The third-order valence-electron chi connectivity index (χ3n) is 4.67. The van der Waals surface area contributed by atoms with Gasteiger partial charge in [-0.3, -0.25) is 4.98 Å². The Balaban J connectivity index is 1.62. The minimum atomic E-state index is -0.0259. The molecule has 1 saturated heterocycles. The molecule has 3 aromatic rings. The minimum absolute atomic E-state index is 0.00947. The average molecular weight is 396 g/mol. The molecule has 4 rings (SSSR count). The van der Waals surface area contributed by atoms with Crippen LogP contribution in [0.25, 0.3) is 0 Å². The van der Waals surface area contributed by atoms with Crippen LogP contribution in [-0.2, 0) is 0 Å². The summed E-state index contributed by atoms with van der Waals surface area (Å²) in [5, 5.41) is 5.03. The number of pyridine rings is 1. The summed E-state index contributed by atoms with van der Waals surface area (Å²) in [7, 11) is 0. The van der Waals surface area contributed by atoms with E-state index in [-0.39, 0.29) is 12.1 Å². The fourth-order valence-corrected chi connectivity index (χ4v) is 4.47. The monoisotopic (exact) mass is 395 g/mol. The SMILES string of the molecule is CCN1C(=S)N[C@H](c2ccccn2)[C@@H]1c1ccc(Sc2ccc(C)cc2)o1. The molecule has 1 N–H and O–H groups in total. The molecule has 1 aromatic carbocycles. The van der Waals surface area contributed by atoms with E-state index < -0.39 is 0 Å². The quantitative estimate of drug-likeness (QED) is 0.604. The van der Waals surface area contributed by atoms with Crippen LogP contribution in [0.5, 0.6) is 0 Å². The molecule has 3 heterocycles. The van der Waals surface area contributed by atoms with Gasteiger partial charge in [0.1, 0.15) is 11.8 Å². The van der Waals surface area contributed by atoms with Gasteiger partial charge in [-0.2, -0.15) is 0 Å². The standard InChI is InChI=1S/C21H21N3OS2/c1-3-24-20(19(23-21(24)26)16-6-4-5-13-22-16)17-11-12-18(25-17)27-15-9-7-14(2)8-10-15/h4-13,19-20H,3H2,1-2H3,(H,23,26)/t19-,20+/m1/s1. The summed E-state index contributed by atoms with van der Waals surface area (Å²) in [6.45, 7) is 5.00. The smallest absolute Gasteiger partial charge is 0.170 e. The number of aromatic nitrogens is 1. The number of nitrogens with zero attached hydrogens (tertiary/aromatic N) is 2. The minimum Gasteiger partial charge on any atom is -0.452 e. The molecule has 1 aliphatic rings. The third-order valence-corrected chi connectivity index (χ3v) is 5.95. The first-order chi connectivity index (χ1) is 13.2.